The first-order chi connectivity index (χ1) is 6.22. The number of methoxy groups -OCH3 is 1. The molecule has 1 aromatic carbocycles. The Labute approximate surface area is 79.8 Å². The van der Waals surface area contributed by atoms with Gasteiger partial charge in [-0.3, -0.25) is 0 Å². The number of hydrogen-bond acceptors (Lipinski definition) is 2. The smallest absolute Gasteiger partial charge is 0.144 e. The molecule has 1 aromatic heterocycles. The van der Waals surface area contributed by atoms with Crippen LogP contribution in [0.1, 0.15) is 4.88 Å². The van der Waals surface area contributed by atoms with Gasteiger partial charge in [0.2, 0.25) is 0 Å². The predicted octanol–water partition coefficient (Wildman–Crippen LogP) is 3.16. The molecule has 0 spiro atoms. The Morgan fingerprint density at radius 3 is 3.00 bits per heavy atom. The molecule has 0 amide bonds. The van der Waals surface area contributed by atoms with Gasteiger partial charge in [-0.25, -0.2) is 4.39 Å². The lowest BCUT2D eigenvalue weighted by atomic mass is 10.2. The molecule has 2 rings (SSSR count). The highest BCUT2D eigenvalue weighted by Gasteiger charge is 2.09. The molecular weight excluding hydrogens is 187 g/mol. The first-order valence-electron chi connectivity index (χ1n) is 3.86. The minimum atomic E-state index is -0.236. The Morgan fingerprint density at radius 1 is 1.54 bits per heavy atom. The van der Waals surface area contributed by atoms with E-state index in [1.54, 1.807) is 7.11 Å². The van der Waals surface area contributed by atoms with Crippen molar-refractivity contribution in [1.82, 2.24) is 0 Å². The Bertz CT molecular complexity index is 447. The zero-order chi connectivity index (χ0) is 9.42. The maximum Gasteiger partial charge on any atom is 0.144 e. The SMILES string of the molecule is COc1[c]cc(F)c2cc(C)sc12. The van der Waals surface area contributed by atoms with Crippen molar-refractivity contribution in [3.05, 3.63) is 28.9 Å². The fraction of sp³-hybridized carbons (Fsp3) is 0.200. The molecule has 67 valence electrons. The van der Waals surface area contributed by atoms with Crippen molar-refractivity contribution in [3.63, 3.8) is 0 Å². The van der Waals surface area contributed by atoms with E-state index in [0.717, 1.165) is 9.58 Å². The van der Waals surface area contributed by atoms with E-state index in [-0.39, 0.29) is 5.82 Å². The number of fused-ring (bicyclic) bond motifs is 1. The number of hydrogen-bond donors (Lipinski definition) is 0. The van der Waals surface area contributed by atoms with E-state index in [1.165, 1.54) is 17.4 Å². The third-order valence-corrected chi connectivity index (χ3v) is 2.90. The van der Waals surface area contributed by atoms with Crippen LogP contribution >= 0.6 is 11.3 Å². The molecule has 0 aliphatic carbocycles. The molecule has 13 heavy (non-hydrogen) atoms. The molecule has 0 aliphatic heterocycles. The zero-order valence-corrected chi connectivity index (χ0v) is 8.17. The summed E-state index contributed by atoms with van der Waals surface area (Å²) in [6.45, 7) is 1.95. The highest BCUT2D eigenvalue weighted by Crippen LogP contribution is 2.34. The van der Waals surface area contributed by atoms with Crippen molar-refractivity contribution in [2.45, 2.75) is 6.92 Å². The number of rotatable bonds is 1. The predicted molar refractivity (Wildman–Crippen MR) is 51.9 cm³/mol. The summed E-state index contributed by atoms with van der Waals surface area (Å²) >= 11 is 1.52. The summed E-state index contributed by atoms with van der Waals surface area (Å²) in [4.78, 5) is 1.08. The summed E-state index contributed by atoms with van der Waals surface area (Å²) in [6.07, 6.45) is 0. The van der Waals surface area contributed by atoms with Gasteiger partial charge in [-0.2, -0.15) is 0 Å². The summed E-state index contributed by atoms with van der Waals surface area (Å²) in [5.74, 6) is 0.384. The maximum absolute atomic E-state index is 13.2. The molecule has 1 nitrogen and oxygen atoms in total. The van der Waals surface area contributed by atoms with Crippen molar-refractivity contribution in [2.24, 2.45) is 0 Å². The minimum Gasteiger partial charge on any atom is -0.495 e. The summed E-state index contributed by atoms with van der Waals surface area (Å²) < 4.78 is 19.2. The lowest BCUT2D eigenvalue weighted by Gasteiger charge is -1.99. The van der Waals surface area contributed by atoms with Crippen LogP contribution < -0.4 is 4.74 Å². The summed E-state index contributed by atoms with van der Waals surface area (Å²) in [5.41, 5.74) is 0. The topological polar surface area (TPSA) is 9.23 Å². The monoisotopic (exact) mass is 195 g/mol. The van der Waals surface area contributed by atoms with E-state index < -0.39 is 0 Å². The molecule has 0 N–H and O–H groups in total. The molecule has 1 heterocycles. The number of ether oxygens (including phenoxy) is 1. The average molecular weight is 195 g/mol. The Morgan fingerprint density at radius 2 is 2.31 bits per heavy atom. The van der Waals surface area contributed by atoms with Crippen molar-refractivity contribution in [2.75, 3.05) is 7.11 Å². The van der Waals surface area contributed by atoms with Gasteiger partial charge >= 0.3 is 0 Å². The molecular formula is C10H8FOS. The first-order valence-corrected chi connectivity index (χ1v) is 4.68. The van der Waals surface area contributed by atoms with E-state index in [4.69, 9.17) is 4.74 Å². The average Bonchev–Trinajstić information content (AvgIpc) is 2.48. The normalized spacial score (nSPS) is 10.7. The van der Waals surface area contributed by atoms with Gasteiger partial charge in [0.05, 0.1) is 11.8 Å². The third kappa shape index (κ3) is 1.29. The molecule has 0 saturated heterocycles. The van der Waals surface area contributed by atoms with Gasteiger partial charge in [-0.05, 0) is 19.1 Å². The Hall–Kier alpha value is -1.09. The van der Waals surface area contributed by atoms with Gasteiger partial charge in [0.15, 0.2) is 0 Å². The van der Waals surface area contributed by atoms with Crippen LogP contribution in [-0.2, 0) is 0 Å². The van der Waals surface area contributed by atoms with Crippen LogP contribution in [0, 0.1) is 18.8 Å². The van der Waals surface area contributed by atoms with Crippen LogP contribution in [0.5, 0.6) is 5.75 Å². The first kappa shape index (κ1) is 8.51. The molecule has 3 heteroatoms. The van der Waals surface area contributed by atoms with Gasteiger partial charge in [0.25, 0.3) is 0 Å². The largest absolute Gasteiger partial charge is 0.495 e. The van der Waals surface area contributed by atoms with Crippen LogP contribution in [-0.4, -0.2) is 7.11 Å². The summed E-state index contributed by atoms with van der Waals surface area (Å²) in [6, 6.07) is 5.89. The highest BCUT2D eigenvalue weighted by atomic mass is 32.1. The number of halogens is 1. The molecule has 2 aromatic rings. The lowest BCUT2D eigenvalue weighted by Crippen LogP contribution is -1.84. The standard InChI is InChI=1S/C10H8FOS/c1-6-5-7-8(11)3-4-9(12-2)10(7)13-6/h3,5H,1-2H3. The fourth-order valence-electron chi connectivity index (χ4n) is 1.28. The molecule has 0 fully saturated rings. The molecule has 0 aliphatic rings. The molecule has 0 bridgehead atoms. The molecule has 1 radical (unpaired) electrons. The van der Waals surface area contributed by atoms with Gasteiger partial charge in [0, 0.05) is 16.3 Å². The second-order valence-corrected chi connectivity index (χ2v) is 4.03. The van der Waals surface area contributed by atoms with Crippen molar-refractivity contribution in [3.8, 4) is 5.75 Å². The fourth-order valence-corrected chi connectivity index (χ4v) is 2.28. The van der Waals surface area contributed by atoms with Crippen LogP contribution in [0.25, 0.3) is 10.1 Å². The Kier molecular flexibility index (Phi) is 1.96. The quantitative estimate of drug-likeness (QED) is 0.679. The van der Waals surface area contributed by atoms with Crippen molar-refractivity contribution >= 4 is 21.4 Å². The highest BCUT2D eigenvalue weighted by molar-refractivity contribution is 7.19. The van der Waals surface area contributed by atoms with Crippen LogP contribution in [0.15, 0.2) is 12.1 Å². The van der Waals surface area contributed by atoms with Crippen LogP contribution in [0.3, 0.4) is 0 Å². The van der Waals surface area contributed by atoms with Gasteiger partial charge < -0.3 is 4.74 Å². The van der Waals surface area contributed by atoms with E-state index in [2.05, 4.69) is 6.07 Å². The van der Waals surface area contributed by atoms with Crippen molar-refractivity contribution < 1.29 is 9.13 Å². The maximum atomic E-state index is 13.2. The number of benzene rings is 1. The second-order valence-electron chi connectivity index (χ2n) is 2.77. The molecule has 0 unspecified atom stereocenters. The Balaban J connectivity index is 2.83. The lowest BCUT2D eigenvalue weighted by molar-refractivity contribution is 0.419. The number of aryl methyl sites for hydroxylation is 1. The van der Waals surface area contributed by atoms with Gasteiger partial charge in [-0.1, -0.05) is 0 Å². The van der Waals surface area contributed by atoms with Crippen LogP contribution in [0.4, 0.5) is 4.39 Å². The molecule has 0 saturated carbocycles. The van der Waals surface area contributed by atoms with E-state index in [1.807, 2.05) is 13.0 Å². The van der Waals surface area contributed by atoms with Crippen LogP contribution in [0.2, 0.25) is 0 Å². The summed E-state index contributed by atoms with van der Waals surface area (Å²) in [7, 11) is 1.57. The third-order valence-electron chi connectivity index (χ3n) is 1.85. The number of thiophene rings is 1. The minimum absolute atomic E-state index is 0.236. The van der Waals surface area contributed by atoms with E-state index in [0.29, 0.717) is 11.1 Å². The van der Waals surface area contributed by atoms with E-state index in [9.17, 15) is 4.39 Å². The zero-order valence-electron chi connectivity index (χ0n) is 7.35. The molecule has 0 atom stereocenters. The van der Waals surface area contributed by atoms with Crippen molar-refractivity contribution in [1.29, 1.82) is 0 Å². The van der Waals surface area contributed by atoms with Gasteiger partial charge in [0.1, 0.15) is 11.6 Å². The van der Waals surface area contributed by atoms with E-state index >= 15 is 0 Å². The second kappa shape index (κ2) is 3.00. The summed E-state index contributed by atoms with van der Waals surface area (Å²) in [5, 5.41) is 0.623. The van der Waals surface area contributed by atoms with Gasteiger partial charge in [-0.15, -0.1) is 11.3 Å².